The third-order valence-electron chi connectivity index (χ3n) is 1.94. The molecule has 0 spiro atoms. The van der Waals surface area contributed by atoms with Crippen LogP contribution in [0.1, 0.15) is 18.1 Å². The molecule has 0 radical (unpaired) electrons. The van der Waals surface area contributed by atoms with Gasteiger partial charge in [0.15, 0.2) is 0 Å². The van der Waals surface area contributed by atoms with Crippen molar-refractivity contribution in [3.63, 3.8) is 0 Å². The Morgan fingerprint density at radius 2 is 2.08 bits per heavy atom. The van der Waals surface area contributed by atoms with Crippen molar-refractivity contribution in [2.45, 2.75) is 20.3 Å². The predicted molar refractivity (Wildman–Crippen MR) is 47.1 cm³/mol. The van der Waals surface area contributed by atoms with E-state index in [0.717, 1.165) is 17.5 Å². The van der Waals surface area contributed by atoms with Gasteiger partial charge in [-0.15, -0.1) is 0 Å². The zero-order valence-corrected chi connectivity index (χ0v) is 7.65. The SMILES string of the molecule is CCc1cc(C)c(OC)cc1F. The van der Waals surface area contributed by atoms with E-state index in [2.05, 4.69) is 0 Å². The monoisotopic (exact) mass is 168 g/mol. The van der Waals surface area contributed by atoms with Crippen LogP contribution in [0.15, 0.2) is 12.1 Å². The standard InChI is InChI=1S/C10H13FO/c1-4-8-5-7(2)10(12-3)6-9(8)11/h5-6H,4H2,1-3H3. The Morgan fingerprint density at radius 1 is 1.42 bits per heavy atom. The van der Waals surface area contributed by atoms with Crippen LogP contribution in [0, 0.1) is 12.7 Å². The van der Waals surface area contributed by atoms with E-state index in [-0.39, 0.29) is 5.82 Å². The molecule has 0 saturated carbocycles. The molecule has 0 saturated heterocycles. The van der Waals surface area contributed by atoms with E-state index >= 15 is 0 Å². The highest BCUT2D eigenvalue weighted by atomic mass is 19.1. The summed E-state index contributed by atoms with van der Waals surface area (Å²) >= 11 is 0. The van der Waals surface area contributed by atoms with Gasteiger partial charge < -0.3 is 4.74 Å². The van der Waals surface area contributed by atoms with Gasteiger partial charge in [0.25, 0.3) is 0 Å². The quantitative estimate of drug-likeness (QED) is 0.659. The average molecular weight is 168 g/mol. The highest BCUT2D eigenvalue weighted by Gasteiger charge is 2.05. The fourth-order valence-electron chi connectivity index (χ4n) is 1.21. The number of hydrogen-bond acceptors (Lipinski definition) is 1. The van der Waals surface area contributed by atoms with Crippen LogP contribution in [0.4, 0.5) is 4.39 Å². The predicted octanol–water partition coefficient (Wildman–Crippen LogP) is 2.71. The smallest absolute Gasteiger partial charge is 0.130 e. The summed E-state index contributed by atoms with van der Waals surface area (Å²) in [6.07, 6.45) is 0.719. The molecule has 0 atom stereocenters. The van der Waals surface area contributed by atoms with Crippen molar-refractivity contribution in [3.8, 4) is 5.75 Å². The molecule has 1 rings (SSSR count). The fraction of sp³-hybridized carbons (Fsp3) is 0.400. The number of halogens is 1. The molecule has 0 fully saturated rings. The zero-order chi connectivity index (χ0) is 9.14. The second kappa shape index (κ2) is 3.57. The molecule has 0 unspecified atom stereocenters. The molecule has 0 heterocycles. The first-order valence-corrected chi connectivity index (χ1v) is 4.02. The lowest BCUT2D eigenvalue weighted by Crippen LogP contribution is -1.93. The van der Waals surface area contributed by atoms with E-state index in [1.807, 2.05) is 19.9 Å². The number of aryl methyl sites for hydroxylation is 2. The van der Waals surface area contributed by atoms with E-state index < -0.39 is 0 Å². The van der Waals surface area contributed by atoms with Crippen molar-refractivity contribution in [1.29, 1.82) is 0 Å². The summed E-state index contributed by atoms with van der Waals surface area (Å²) in [6, 6.07) is 3.27. The van der Waals surface area contributed by atoms with Crippen molar-refractivity contribution in [1.82, 2.24) is 0 Å². The fourth-order valence-corrected chi connectivity index (χ4v) is 1.21. The van der Waals surface area contributed by atoms with Crippen LogP contribution in [0.5, 0.6) is 5.75 Å². The van der Waals surface area contributed by atoms with E-state index in [4.69, 9.17) is 4.74 Å². The second-order valence-corrected chi connectivity index (χ2v) is 2.77. The molecular weight excluding hydrogens is 155 g/mol. The van der Waals surface area contributed by atoms with Gasteiger partial charge in [-0.1, -0.05) is 6.92 Å². The molecule has 2 heteroatoms. The minimum absolute atomic E-state index is 0.181. The van der Waals surface area contributed by atoms with Crippen LogP contribution in [0.3, 0.4) is 0 Å². The molecule has 66 valence electrons. The molecular formula is C10H13FO. The maximum Gasteiger partial charge on any atom is 0.130 e. The van der Waals surface area contributed by atoms with Gasteiger partial charge in [0.05, 0.1) is 7.11 Å². The third-order valence-corrected chi connectivity index (χ3v) is 1.94. The highest BCUT2D eigenvalue weighted by Crippen LogP contribution is 2.21. The maximum absolute atomic E-state index is 13.1. The maximum atomic E-state index is 13.1. The highest BCUT2D eigenvalue weighted by molar-refractivity contribution is 5.37. The lowest BCUT2D eigenvalue weighted by molar-refractivity contribution is 0.407. The van der Waals surface area contributed by atoms with Crippen LogP contribution in [0.25, 0.3) is 0 Å². The van der Waals surface area contributed by atoms with Crippen LogP contribution in [-0.2, 0) is 6.42 Å². The number of benzene rings is 1. The van der Waals surface area contributed by atoms with Gasteiger partial charge in [0.2, 0.25) is 0 Å². The lowest BCUT2D eigenvalue weighted by Gasteiger charge is -2.07. The summed E-state index contributed by atoms with van der Waals surface area (Å²) in [7, 11) is 1.55. The van der Waals surface area contributed by atoms with Crippen molar-refractivity contribution in [2.75, 3.05) is 7.11 Å². The summed E-state index contributed by atoms with van der Waals surface area (Å²) in [6.45, 7) is 3.85. The molecule has 0 aliphatic rings. The van der Waals surface area contributed by atoms with E-state index in [1.54, 1.807) is 7.11 Å². The Labute approximate surface area is 72.2 Å². The van der Waals surface area contributed by atoms with Gasteiger partial charge >= 0.3 is 0 Å². The average Bonchev–Trinajstić information content (AvgIpc) is 2.08. The Balaban J connectivity index is 3.16. The number of ether oxygens (including phenoxy) is 1. The Hall–Kier alpha value is -1.05. The van der Waals surface area contributed by atoms with Gasteiger partial charge in [-0.3, -0.25) is 0 Å². The first kappa shape index (κ1) is 9.04. The minimum atomic E-state index is -0.181. The molecule has 0 aromatic heterocycles. The third kappa shape index (κ3) is 1.58. The van der Waals surface area contributed by atoms with Gasteiger partial charge in [-0.25, -0.2) is 4.39 Å². The van der Waals surface area contributed by atoms with E-state index in [1.165, 1.54) is 6.07 Å². The summed E-state index contributed by atoms with van der Waals surface area (Å²) in [5.74, 6) is 0.435. The number of hydrogen-bond donors (Lipinski definition) is 0. The van der Waals surface area contributed by atoms with Crippen molar-refractivity contribution < 1.29 is 9.13 Å². The van der Waals surface area contributed by atoms with Gasteiger partial charge in [0.1, 0.15) is 11.6 Å². The molecule has 1 aromatic carbocycles. The van der Waals surface area contributed by atoms with Gasteiger partial charge in [-0.2, -0.15) is 0 Å². The summed E-state index contributed by atoms with van der Waals surface area (Å²) < 4.78 is 18.1. The van der Waals surface area contributed by atoms with Crippen molar-refractivity contribution in [3.05, 3.63) is 29.1 Å². The van der Waals surface area contributed by atoms with Crippen LogP contribution in [0.2, 0.25) is 0 Å². The first-order valence-electron chi connectivity index (χ1n) is 4.02. The number of rotatable bonds is 2. The Morgan fingerprint density at radius 3 is 2.58 bits per heavy atom. The summed E-state index contributed by atoms with van der Waals surface area (Å²) in [5, 5.41) is 0. The summed E-state index contributed by atoms with van der Waals surface area (Å²) in [4.78, 5) is 0. The summed E-state index contributed by atoms with van der Waals surface area (Å²) in [5.41, 5.74) is 1.73. The molecule has 1 aromatic rings. The zero-order valence-electron chi connectivity index (χ0n) is 7.65. The Kier molecular flexibility index (Phi) is 2.69. The van der Waals surface area contributed by atoms with Crippen molar-refractivity contribution in [2.24, 2.45) is 0 Å². The lowest BCUT2D eigenvalue weighted by atomic mass is 10.1. The topological polar surface area (TPSA) is 9.23 Å². The van der Waals surface area contributed by atoms with Crippen LogP contribution >= 0.6 is 0 Å². The van der Waals surface area contributed by atoms with Crippen LogP contribution in [-0.4, -0.2) is 7.11 Å². The molecule has 0 aliphatic heterocycles. The van der Waals surface area contributed by atoms with Gasteiger partial charge in [0, 0.05) is 6.07 Å². The molecule has 0 aliphatic carbocycles. The van der Waals surface area contributed by atoms with Gasteiger partial charge in [-0.05, 0) is 30.5 Å². The van der Waals surface area contributed by atoms with E-state index in [0.29, 0.717) is 5.75 Å². The largest absolute Gasteiger partial charge is 0.496 e. The molecule has 0 bridgehead atoms. The minimum Gasteiger partial charge on any atom is -0.496 e. The Bertz CT molecular complexity index is 252. The normalized spacial score (nSPS) is 10.0. The number of methoxy groups -OCH3 is 1. The van der Waals surface area contributed by atoms with E-state index in [9.17, 15) is 4.39 Å². The molecule has 1 nitrogen and oxygen atoms in total. The molecule has 12 heavy (non-hydrogen) atoms. The molecule has 0 amide bonds. The second-order valence-electron chi connectivity index (χ2n) is 2.77. The van der Waals surface area contributed by atoms with Crippen molar-refractivity contribution >= 4 is 0 Å². The molecule has 0 N–H and O–H groups in total. The van der Waals surface area contributed by atoms with Crippen LogP contribution < -0.4 is 4.74 Å². The first-order chi connectivity index (χ1) is 5.69.